The first-order chi connectivity index (χ1) is 9.63. The van der Waals surface area contributed by atoms with Crippen LogP contribution in [0, 0.1) is 13.8 Å². The summed E-state index contributed by atoms with van der Waals surface area (Å²) < 4.78 is 0. The molecule has 100 valence electrons. The number of hydrogen-bond donors (Lipinski definition) is 0. The molecule has 4 heteroatoms. The van der Waals surface area contributed by atoms with Crippen LogP contribution < -0.4 is 0 Å². The molecule has 0 saturated carbocycles. The van der Waals surface area contributed by atoms with Gasteiger partial charge >= 0.3 is 0 Å². The number of benzene rings is 2. The van der Waals surface area contributed by atoms with Crippen molar-refractivity contribution in [1.29, 1.82) is 0 Å². The first kappa shape index (κ1) is 13.4. The number of para-hydroxylation sites is 1. The molecule has 0 spiro atoms. The molecular formula is C16H13ClN2S. The van der Waals surface area contributed by atoms with E-state index in [0.29, 0.717) is 0 Å². The summed E-state index contributed by atoms with van der Waals surface area (Å²) in [6.07, 6.45) is 0. The van der Waals surface area contributed by atoms with Crippen LogP contribution in [0.15, 0.2) is 52.4 Å². The average molecular weight is 301 g/mol. The van der Waals surface area contributed by atoms with Gasteiger partial charge in [0.05, 0.1) is 5.52 Å². The van der Waals surface area contributed by atoms with Crippen LogP contribution in [-0.2, 0) is 0 Å². The van der Waals surface area contributed by atoms with Crippen LogP contribution in [-0.4, -0.2) is 9.97 Å². The molecule has 0 N–H and O–H groups in total. The molecule has 3 rings (SSSR count). The standard InChI is InChI=1S/C16H13ClN2S/c1-10-7-8-12(9-11(10)2)20-15-13-5-3-4-6-14(13)18-16(17)19-15/h3-9H,1-2H3. The van der Waals surface area contributed by atoms with E-state index in [1.165, 1.54) is 11.1 Å². The minimum absolute atomic E-state index is 0.287. The Labute approximate surface area is 127 Å². The summed E-state index contributed by atoms with van der Waals surface area (Å²) in [6, 6.07) is 14.3. The average Bonchev–Trinajstić information content (AvgIpc) is 2.43. The minimum Gasteiger partial charge on any atom is -0.218 e. The van der Waals surface area contributed by atoms with E-state index in [1.54, 1.807) is 11.8 Å². The van der Waals surface area contributed by atoms with E-state index in [9.17, 15) is 0 Å². The number of aromatic nitrogens is 2. The Hall–Kier alpha value is -1.58. The zero-order valence-corrected chi connectivity index (χ0v) is 12.8. The fraction of sp³-hybridized carbons (Fsp3) is 0.125. The fourth-order valence-corrected chi connectivity index (χ4v) is 3.22. The van der Waals surface area contributed by atoms with Gasteiger partial charge in [0.15, 0.2) is 0 Å². The molecule has 3 aromatic rings. The molecule has 2 aromatic carbocycles. The van der Waals surface area contributed by atoms with Gasteiger partial charge in [-0.25, -0.2) is 9.97 Å². The van der Waals surface area contributed by atoms with Crippen molar-refractivity contribution in [2.75, 3.05) is 0 Å². The number of fused-ring (bicyclic) bond motifs is 1. The van der Waals surface area contributed by atoms with Crippen molar-refractivity contribution in [2.45, 2.75) is 23.8 Å². The highest BCUT2D eigenvalue weighted by Crippen LogP contribution is 2.33. The van der Waals surface area contributed by atoms with Gasteiger partial charge in [0.2, 0.25) is 5.28 Å². The van der Waals surface area contributed by atoms with Crippen LogP contribution in [0.1, 0.15) is 11.1 Å². The fourth-order valence-electron chi connectivity index (χ4n) is 1.99. The second kappa shape index (κ2) is 5.43. The highest BCUT2D eigenvalue weighted by atomic mass is 35.5. The summed E-state index contributed by atoms with van der Waals surface area (Å²) >= 11 is 7.63. The molecule has 20 heavy (non-hydrogen) atoms. The molecule has 0 aliphatic rings. The first-order valence-corrected chi connectivity index (χ1v) is 7.50. The van der Waals surface area contributed by atoms with Crippen molar-refractivity contribution in [3.8, 4) is 0 Å². The summed E-state index contributed by atoms with van der Waals surface area (Å²) in [7, 11) is 0. The largest absolute Gasteiger partial charge is 0.224 e. The zero-order chi connectivity index (χ0) is 14.1. The highest BCUT2D eigenvalue weighted by Gasteiger charge is 2.08. The van der Waals surface area contributed by atoms with Crippen molar-refractivity contribution < 1.29 is 0 Å². The van der Waals surface area contributed by atoms with Gasteiger partial charge in [-0.3, -0.25) is 0 Å². The molecule has 0 saturated heterocycles. The second-order valence-electron chi connectivity index (χ2n) is 4.66. The highest BCUT2D eigenvalue weighted by molar-refractivity contribution is 7.99. The summed E-state index contributed by atoms with van der Waals surface area (Å²) in [5, 5.41) is 2.21. The maximum absolute atomic E-state index is 6.01. The van der Waals surface area contributed by atoms with Crippen LogP contribution >= 0.6 is 23.4 Å². The normalized spacial score (nSPS) is 10.9. The number of nitrogens with zero attached hydrogens (tertiary/aromatic N) is 2. The van der Waals surface area contributed by atoms with Crippen molar-refractivity contribution in [3.63, 3.8) is 0 Å². The Bertz CT molecular complexity index is 787. The molecule has 2 nitrogen and oxygen atoms in total. The molecule has 0 unspecified atom stereocenters. The maximum atomic E-state index is 6.01. The maximum Gasteiger partial charge on any atom is 0.224 e. The summed E-state index contributed by atoms with van der Waals surface area (Å²) in [5.74, 6) is 0. The molecule has 0 bridgehead atoms. The van der Waals surface area contributed by atoms with Gasteiger partial charge in [-0.2, -0.15) is 0 Å². The monoisotopic (exact) mass is 300 g/mol. The summed E-state index contributed by atoms with van der Waals surface area (Å²) in [5.41, 5.74) is 3.44. The second-order valence-corrected chi connectivity index (χ2v) is 6.06. The molecule has 1 heterocycles. The van der Waals surface area contributed by atoms with Gasteiger partial charge in [0.25, 0.3) is 0 Å². The van der Waals surface area contributed by atoms with Crippen molar-refractivity contribution in [1.82, 2.24) is 9.97 Å². The molecule has 0 aliphatic carbocycles. The lowest BCUT2D eigenvalue weighted by Gasteiger charge is -2.07. The van der Waals surface area contributed by atoms with Crippen molar-refractivity contribution in [2.24, 2.45) is 0 Å². The minimum atomic E-state index is 0.287. The Morgan fingerprint density at radius 3 is 2.55 bits per heavy atom. The number of aryl methyl sites for hydroxylation is 2. The van der Waals surface area contributed by atoms with Gasteiger partial charge in [-0.05, 0) is 54.8 Å². The van der Waals surface area contributed by atoms with E-state index in [-0.39, 0.29) is 5.28 Å². The van der Waals surface area contributed by atoms with Gasteiger partial charge in [0, 0.05) is 10.3 Å². The lowest BCUT2D eigenvalue weighted by Crippen LogP contribution is -1.89. The van der Waals surface area contributed by atoms with Crippen molar-refractivity contribution >= 4 is 34.3 Å². The molecule has 1 aromatic heterocycles. The zero-order valence-electron chi connectivity index (χ0n) is 11.2. The third-order valence-electron chi connectivity index (χ3n) is 3.23. The third kappa shape index (κ3) is 2.65. The molecule has 0 fully saturated rings. The third-order valence-corrected chi connectivity index (χ3v) is 4.40. The van der Waals surface area contributed by atoms with Gasteiger partial charge < -0.3 is 0 Å². The molecule has 0 radical (unpaired) electrons. The predicted molar refractivity (Wildman–Crippen MR) is 84.6 cm³/mol. The Morgan fingerprint density at radius 2 is 1.75 bits per heavy atom. The number of rotatable bonds is 2. The smallest absolute Gasteiger partial charge is 0.218 e. The van der Waals surface area contributed by atoms with E-state index in [0.717, 1.165) is 20.8 Å². The molecule has 0 amide bonds. The first-order valence-electron chi connectivity index (χ1n) is 6.31. The van der Waals surface area contributed by atoms with Gasteiger partial charge in [0.1, 0.15) is 5.03 Å². The predicted octanol–water partition coefficient (Wildman–Crippen LogP) is 5.05. The van der Waals surface area contributed by atoms with Crippen LogP contribution in [0.4, 0.5) is 0 Å². The van der Waals surface area contributed by atoms with Gasteiger partial charge in [-0.15, -0.1) is 0 Å². The van der Waals surface area contributed by atoms with Crippen LogP contribution in [0.3, 0.4) is 0 Å². The Kier molecular flexibility index (Phi) is 3.64. The van der Waals surface area contributed by atoms with Crippen LogP contribution in [0.25, 0.3) is 10.9 Å². The van der Waals surface area contributed by atoms with E-state index in [2.05, 4.69) is 42.0 Å². The molecule has 0 aliphatic heterocycles. The number of hydrogen-bond acceptors (Lipinski definition) is 3. The summed E-state index contributed by atoms with van der Waals surface area (Å²) in [6.45, 7) is 4.23. The lowest BCUT2D eigenvalue weighted by atomic mass is 10.1. The van der Waals surface area contributed by atoms with Crippen molar-refractivity contribution in [3.05, 3.63) is 58.9 Å². The van der Waals surface area contributed by atoms with Crippen LogP contribution in [0.5, 0.6) is 0 Å². The quantitative estimate of drug-likeness (QED) is 0.489. The summed E-state index contributed by atoms with van der Waals surface area (Å²) in [4.78, 5) is 9.78. The Balaban J connectivity index is 2.07. The molecular weight excluding hydrogens is 288 g/mol. The molecule has 0 atom stereocenters. The van der Waals surface area contributed by atoms with Crippen LogP contribution in [0.2, 0.25) is 5.28 Å². The van der Waals surface area contributed by atoms with E-state index >= 15 is 0 Å². The Morgan fingerprint density at radius 1 is 0.950 bits per heavy atom. The lowest BCUT2D eigenvalue weighted by molar-refractivity contribution is 1.10. The topological polar surface area (TPSA) is 25.8 Å². The number of halogens is 1. The SMILES string of the molecule is Cc1ccc(Sc2nc(Cl)nc3ccccc23)cc1C. The van der Waals surface area contributed by atoms with E-state index in [1.807, 2.05) is 24.3 Å². The van der Waals surface area contributed by atoms with Gasteiger partial charge in [-0.1, -0.05) is 36.0 Å². The van der Waals surface area contributed by atoms with E-state index in [4.69, 9.17) is 11.6 Å². The van der Waals surface area contributed by atoms with E-state index < -0.39 is 0 Å².